The molecule has 0 bridgehead atoms. The van der Waals surface area contributed by atoms with Crippen LogP contribution in [0, 0.1) is 50.2 Å². The Bertz CT molecular complexity index is 1180. The molecule has 0 aromatic carbocycles. The second-order valence-electron chi connectivity index (χ2n) is 17.9. The molecule has 1 saturated heterocycles. The van der Waals surface area contributed by atoms with Crippen LogP contribution in [-0.2, 0) is 14.3 Å². The monoisotopic (exact) mass is 618 g/mol. The van der Waals surface area contributed by atoms with E-state index in [1.807, 2.05) is 0 Å². The van der Waals surface area contributed by atoms with E-state index in [-0.39, 0.29) is 39.1 Å². The van der Waals surface area contributed by atoms with E-state index < -0.39 is 48.7 Å². The van der Waals surface area contributed by atoms with E-state index in [4.69, 9.17) is 9.47 Å². The van der Waals surface area contributed by atoms with Gasteiger partial charge in [0.2, 0.25) is 0 Å². The van der Waals surface area contributed by atoms with Gasteiger partial charge in [0, 0.05) is 0 Å². The predicted molar refractivity (Wildman–Crippen MR) is 165 cm³/mol. The summed E-state index contributed by atoms with van der Waals surface area (Å²) in [5.41, 5.74) is 0.809. The van der Waals surface area contributed by atoms with Crippen molar-refractivity contribution in [1.82, 2.24) is 0 Å². The maximum atomic E-state index is 12.9. The van der Waals surface area contributed by atoms with Gasteiger partial charge in [0.05, 0.1) is 18.1 Å². The van der Waals surface area contributed by atoms with Crippen LogP contribution in [0.5, 0.6) is 0 Å². The molecule has 1 aliphatic heterocycles. The van der Waals surface area contributed by atoms with Gasteiger partial charge in [-0.15, -0.1) is 0 Å². The first kappa shape index (κ1) is 32.9. The van der Waals surface area contributed by atoms with Gasteiger partial charge in [-0.1, -0.05) is 60.1 Å². The minimum Gasteiger partial charge on any atom is -0.481 e. The lowest BCUT2D eigenvalue weighted by Gasteiger charge is -2.71. The fourth-order valence-electron chi connectivity index (χ4n) is 12.2. The lowest BCUT2D eigenvalue weighted by Crippen LogP contribution is -2.66. The third kappa shape index (κ3) is 4.40. The van der Waals surface area contributed by atoms with Crippen molar-refractivity contribution in [2.24, 2.45) is 50.2 Å². The van der Waals surface area contributed by atoms with Crippen molar-refractivity contribution < 1.29 is 39.8 Å². The number of ether oxygens (including phenoxy) is 2. The summed E-state index contributed by atoms with van der Waals surface area (Å²) in [6.45, 7) is 16.2. The smallest absolute Gasteiger partial charge is 0.310 e. The number of carboxylic acid groups (broad SMARTS) is 1. The average Bonchev–Trinajstić information content (AvgIpc) is 2.94. The predicted octanol–water partition coefficient (Wildman–Crippen LogP) is 5.06. The second kappa shape index (κ2) is 10.5. The Kier molecular flexibility index (Phi) is 7.84. The number of fused-ring (bicyclic) bond motifs is 7. The fourth-order valence-corrected chi connectivity index (χ4v) is 12.2. The Morgan fingerprint density at radius 2 is 1.57 bits per heavy atom. The largest absolute Gasteiger partial charge is 0.481 e. The van der Waals surface area contributed by atoms with Gasteiger partial charge in [-0.2, -0.15) is 0 Å². The van der Waals surface area contributed by atoms with Gasteiger partial charge in [0.25, 0.3) is 0 Å². The lowest BCUT2D eigenvalue weighted by molar-refractivity contribution is -0.330. The second-order valence-corrected chi connectivity index (χ2v) is 17.9. The summed E-state index contributed by atoms with van der Waals surface area (Å²) >= 11 is 0. The lowest BCUT2D eigenvalue weighted by atomic mass is 9.33. The van der Waals surface area contributed by atoms with Crippen LogP contribution in [0.1, 0.15) is 113 Å². The highest BCUT2D eigenvalue weighted by Crippen LogP contribution is 2.76. The molecule has 0 aromatic rings. The molecule has 8 nitrogen and oxygen atoms in total. The van der Waals surface area contributed by atoms with E-state index in [2.05, 4.69) is 54.5 Å². The minimum atomic E-state index is -1.45. The normalized spacial score (nSPS) is 52.9. The molecule has 0 radical (unpaired) electrons. The molecule has 6 rings (SSSR count). The molecule has 0 amide bonds. The topological polar surface area (TPSA) is 137 Å². The standard InChI is InChI=1S/C36H58O8/c1-31(2)14-16-36(30(41)42)17-15-34(6)20(21(36)18-31)8-9-24-33(5)12-11-25(32(3,4)23(33)10-13-35(24,34)7)44-29-28(40)27(39)26(38)22(19-37)43-29/h8,21-29,37-40H,9-19H2,1-7H3,(H,41,42)/t21-,22-,23-,24+,25-,26+,27+,28-,29-,33-,34+,35+,36-/m0/s1. The molecule has 5 aliphatic carbocycles. The molecule has 13 atom stereocenters. The number of aliphatic hydroxyl groups excluding tert-OH is 4. The Hall–Kier alpha value is -1.03. The summed E-state index contributed by atoms with van der Waals surface area (Å²) in [4.78, 5) is 12.9. The Morgan fingerprint density at radius 1 is 0.886 bits per heavy atom. The highest BCUT2D eigenvalue weighted by Gasteiger charge is 2.69. The Balaban J connectivity index is 1.29. The zero-order valence-electron chi connectivity index (χ0n) is 28.0. The third-order valence-corrected chi connectivity index (χ3v) is 15.1. The molecule has 0 unspecified atom stereocenters. The molecule has 8 heteroatoms. The van der Waals surface area contributed by atoms with Crippen LogP contribution in [0.25, 0.3) is 0 Å². The maximum absolute atomic E-state index is 12.9. The van der Waals surface area contributed by atoms with E-state index >= 15 is 0 Å². The number of allylic oxidation sites excluding steroid dienone is 2. The number of carbonyl (C=O) groups is 1. The van der Waals surface area contributed by atoms with Crippen molar-refractivity contribution in [1.29, 1.82) is 0 Å². The highest BCUT2D eigenvalue weighted by molar-refractivity contribution is 5.76. The maximum Gasteiger partial charge on any atom is 0.310 e. The summed E-state index contributed by atoms with van der Waals surface area (Å²) in [6, 6.07) is 0. The molecular formula is C36H58O8. The first-order valence-electron chi connectivity index (χ1n) is 17.3. The van der Waals surface area contributed by atoms with Crippen LogP contribution < -0.4 is 0 Å². The summed E-state index contributed by atoms with van der Waals surface area (Å²) in [5.74, 6) is 0.336. The summed E-state index contributed by atoms with van der Waals surface area (Å²) in [7, 11) is 0. The molecule has 4 saturated carbocycles. The molecule has 250 valence electrons. The summed E-state index contributed by atoms with van der Waals surface area (Å²) in [5, 5.41) is 51.7. The van der Waals surface area contributed by atoms with E-state index in [9.17, 15) is 30.3 Å². The van der Waals surface area contributed by atoms with Crippen molar-refractivity contribution in [3.05, 3.63) is 11.6 Å². The van der Waals surface area contributed by atoms with Crippen molar-refractivity contribution in [2.45, 2.75) is 149 Å². The molecule has 0 aromatic heterocycles. The Morgan fingerprint density at radius 3 is 2.23 bits per heavy atom. The van der Waals surface area contributed by atoms with Gasteiger partial charge >= 0.3 is 5.97 Å². The SMILES string of the molecule is CC1(C)CC[C@]2(C(=O)O)CC[C@]3(C)C(=CC[C@@H]4[C@@]5(C)CC[C@H](O[C@@H]6O[C@@H](CO)[C@@H](O)[C@@H](O)[C@@H]6O)C(C)(C)[C@@H]5CC[C@]43C)[C@@H]2C1. The van der Waals surface area contributed by atoms with E-state index in [1.165, 1.54) is 5.57 Å². The van der Waals surface area contributed by atoms with Crippen LogP contribution in [0.15, 0.2) is 11.6 Å². The molecule has 6 aliphatic rings. The van der Waals surface area contributed by atoms with Crippen LogP contribution in [0.3, 0.4) is 0 Å². The average molecular weight is 619 g/mol. The number of rotatable bonds is 4. The van der Waals surface area contributed by atoms with Gasteiger partial charge in [0.1, 0.15) is 24.4 Å². The van der Waals surface area contributed by atoms with Gasteiger partial charge in [-0.05, 0) is 109 Å². The van der Waals surface area contributed by atoms with E-state index in [0.717, 1.165) is 64.2 Å². The molecular weight excluding hydrogens is 560 g/mol. The Labute approximate surface area is 263 Å². The molecule has 0 spiro atoms. The van der Waals surface area contributed by atoms with Crippen molar-refractivity contribution in [3.63, 3.8) is 0 Å². The van der Waals surface area contributed by atoms with Crippen LogP contribution >= 0.6 is 0 Å². The fraction of sp³-hybridized carbons (Fsp3) is 0.917. The first-order chi connectivity index (χ1) is 20.4. The quantitative estimate of drug-likeness (QED) is 0.218. The molecule has 1 heterocycles. The van der Waals surface area contributed by atoms with Crippen LogP contribution in [-0.4, -0.2) is 74.9 Å². The van der Waals surface area contributed by atoms with Gasteiger partial charge in [-0.3, -0.25) is 4.79 Å². The first-order valence-corrected chi connectivity index (χ1v) is 17.3. The van der Waals surface area contributed by atoms with Crippen molar-refractivity contribution in [3.8, 4) is 0 Å². The van der Waals surface area contributed by atoms with E-state index in [0.29, 0.717) is 11.8 Å². The number of aliphatic hydroxyl groups is 4. The number of hydrogen-bond acceptors (Lipinski definition) is 7. The van der Waals surface area contributed by atoms with Crippen molar-refractivity contribution in [2.75, 3.05) is 6.61 Å². The van der Waals surface area contributed by atoms with Gasteiger partial charge in [0.15, 0.2) is 6.29 Å². The number of carboxylic acids is 1. The van der Waals surface area contributed by atoms with Crippen molar-refractivity contribution >= 4 is 5.97 Å². The zero-order valence-corrected chi connectivity index (χ0v) is 28.0. The van der Waals surface area contributed by atoms with Crippen LogP contribution in [0.2, 0.25) is 0 Å². The van der Waals surface area contributed by atoms with Gasteiger partial charge < -0.3 is 35.0 Å². The summed E-state index contributed by atoms with van der Waals surface area (Å²) < 4.78 is 12.2. The van der Waals surface area contributed by atoms with E-state index in [1.54, 1.807) is 0 Å². The van der Waals surface area contributed by atoms with Gasteiger partial charge in [-0.25, -0.2) is 0 Å². The summed E-state index contributed by atoms with van der Waals surface area (Å²) in [6.07, 6.45) is 5.19. The molecule has 5 N–H and O–H groups in total. The number of aliphatic carboxylic acids is 1. The van der Waals surface area contributed by atoms with Crippen LogP contribution in [0.4, 0.5) is 0 Å². The number of hydrogen-bond donors (Lipinski definition) is 5. The third-order valence-electron chi connectivity index (χ3n) is 15.1. The highest BCUT2D eigenvalue weighted by atomic mass is 16.7. The minimum absolute atomic E-state index is 0.0330. The molecule has 5 fully saturated rings. The zero-order chi connectivity index (χ0) is 32.3. The molecule has 44 heavy (non-hydrogen) atoms.